The summed E-state index contributed by atoms with van der Waals surface area (Å²) in [5.41, 5.74) is 0.633. The molecule has 0 aliphatic carbocycles. The van der Waals surface area contributed by atoms with Gasteiger partial charge < -0.3 is 0 Å². The molecule has 0 N–H and O–H groups in total. The van der Waals surface area contributed by atoms with Crippen molar-refractivity contribution in [3.8, 4) is 0 Å². The van der Waals surface area contributed by atoms with E-state index in [4.69, 9.17) is 11.6 Å². The highest BCUT2D eigenvalue weighted by Gasteiger charge is 1.99. The zero-order chi connectivity index (χ0) is 17.7. The highest BCUT2D eigenvalue weighted by Crippen LogP contribution is 2.13. The van der Waals surface area contributed by atoms with Gasteiger partial charge >= 0.3 is 0 Å². The highest BCUT2D eigenvalue weighted by molar-refractivity contribution is 6.30. The van der Waals surface area contributed by atoms with Crippen LogP contribution in [0.1, 0.15) is 38.8 Å². The van der Waals surface area contributed by atoms with Gasteiger partial charge in [0.15, 0.2) is 0 Å². The van der Waals surface area contributed by atoms with Gasteiger partial charge in [0.05, 0.1) is 6.20 Å². The number of pyridine rings is 2. The molecule has 0 spiro atoms. The van der Waals surface area contributed by atoms with E-state index in [1.807, 2.05) is 27.7 Å². The van der Waals surface area contributed by atoms with Gasteiger partial charge in [-0.2, -0.15) is 4.39 Å². The second-order valence-electron chi connectivity index (χ2n) is 3.47. The van der Waals surface area contributed by atoms with Crippen LogP contribution in [0.25, 0.3) is 0 Å². The van der Waals surface area contributed by atoms with Crippen molar-refractivity contribution in [1.82, 2.24) is 9.97 Å². The van der Waals surface area contributed by atoms with Crippen LogP contribution in [0.15, 0.2) is 24.5 Å². The lowest BCUT2D eigenvalue weighted by molar-refractivity contribution is 0.551. The topological polar surface area (TPSA) is 25.8 Å². The molecule has 0 unspecified atom stereocenters. The average Bonchev–Trinajstić information content (AvgIpc) is 2.53. The minimum atomic E-state index is -0.614. The van der Waals surface area contributed by atoms with Crippen LogP contribution < -0.4 is 0 Å². The molecule has 2 nitrogen and oxygen atoms in total. The number of hydrogen-bond donors (Lipinski definition) is 0. The minimum Gasteiger partial charge on any atom is -0.244 e. The van der Waals surface area contributed by atoms with Crippen molar-refractivity contribution < 1.29 is 13.2 Å². The lowest BCUT2D eigenvalue weighted by atomic mass is 10.3. The Morgan fingerprint density at radius 1 is 0.955 bits per heavy atom. The molecule has 6 heteroatoms. The predicted octanol–water partition coefficient (Wildman–Crippen LogP) is 5.90. The standard InChI is InChI=1S/C6H5ClFN.C6H5F2N.2C2H6/c1-4-5(8)2-3-9-6(4)7;1-4-2-5(7)3-9-6(4)8;2*1-2/h2*2-3H,1H3;2*1-2H3. The van der Waals surface area contributed by atoms with Crippen LogP contribution in [0.5, 0.6) is 0 Å². The Balaban J connectivity index is 0. The van der Waals surface area contributed by atoms with E-state index < -0.39 is 11.8 Å². The highest BCUT2D eigenvalue weighted by atomic mass is 35.5. The Bertz CT molecular complexity index is 529. The van der Waals surface area contributed by atoms with E-state index >= 15 is 0 Å². The van der Waals surface area contributed by atoms with Crippen molar-refractivity contribution >= 4 is 11.6 Å². The zero-order valence-electron chi connectivity index (χ0n) is 13.7. The average molecular weight is 335 g/mol. The van der Waals surface area contributed by atoms with E-state index in [0.717, 1.165) is 12.3 Å². The summed E-state index contributed by atoms with van der Waals surface area (Å²) in [5.74, 6) is -1.43. The van der Waals surface area contributed by atoms with E-state index in [2.05, 4.69) is 9.97 Å². The second kappa shape index (κ2) is 13.1. The third kappa shape index (κ3) is 8.62. The number of aromatic nitrogens is 2. The molecular formula is C16H22ClF3N2. The monoisotopic (exact) mass is 334 g/mol. The van der Waals surface area contributed by atoms with Crippen LogP contribution in [0.4, 0.5) is 13.2 Å². The van der Waals surface area contributed by atoms with Gasteiger partial charge in [0.25, 0.3) is 0 Å². The molecule has 0 bridgehead atoms. The number of hydrogen-bond acceptors (Lipinski definition) is 2. The first-order valence-corrected chi connectivity index (χ1v) is 7.34. The summed E-state index contributed by atoms with van der Waals surface area (Å²) in [6.07, 6.45) is 2.19. The van der Waals surface area contributed by atoms with Crippen LogP contribution in [0.3, 0.4) is 0 Å². The Hall–Kier alpha value is -1.62. The maximum Gasteiger partial charge on any atom is 0.215 e. The van der Waals surface area contributed by atoms with E-state index in [1.54, 1.807) is 6.92 Å². The Labute approximate surface area is 135 Å². The van der Waals surface area contributed by atoms with Crippen molar-refractivity contribution in [2.24, 2.45) is 0 Å². The fraction of sp³-hybridized carbons (Fsp3) is 0.375. The van der Waals surface area contributed by atoms with Gasteiger partial charge in [-0.25, -0.2) is 18.7 Å². The molecule has 0 aliphatic heterocycles. The predicted molar refractivity (Wildman–Crippen MR) is 85.5 cm³/mol. The van der Waals surface area contributed by atoms with Gasteiger partial charge in [-0.05, 0) is 26.0 Å². The summed E-state index contributed by atoms with van der Waals surface area (Å²) in [4.78, 5) is 6.80. The fourth-order valence-corrected chi connectivity index (χ4v) is 1.16. The molecule has 0 atom stereocenters. The Kier molecular flexibility index (Phi) is 13.5. The van der Waals surface area contributed by atoms with Gasteiger partial charge in [0.2, 0.25) is 5.95 Å². The van der Waals surface area contributed by atoms with Crippen LogP contribution in [-0.2, 0) is 0 Å². The van der Waals surface area contributed by atoms with Crippen LogP contribution in [0, 0.1) is 31.4 Å². The van der Waals surface area contributed by atoms with Crippen molar-refractivity contribution in [3.05, 3.63) is 58.4 Å². The molecule has 124 valence electrons. The SMILES string of the molecule is CC.CC.Cc1c(F)ccnc1Cl.Cc1cc(F)cnc1F. The Morgan fingerprint density at radius 2 is 1.50 bits per heavy atom. The molecule has 0 radical (unpaired) electrons. The maximum absolute atomic E-state index is 12.5. The first-order chi connectivity index (χ1) is 10.4. The van der Waals surface area contributed by atoms with Crippen molar-refractivity contribution in [2.45, 2.75) is 41.5 Å². The summed E-state index contributed by atoms with van der Waals surface area (Å²) in [6, 6.07) is 2.38. The molecule has 22 heavy (non-hydrogen) atoms. The summed E-state index contributed by atoms with van der Waals surface area (Å²) in [5, 5.41) is 0.231. The summed E-state index contributed by atoms with van der Waals surface area (Å²) in [7, 11) is 0. The first kappa shape index (κ1) is 22.7. The Morgan fingerprint density at radius 3 is 1.86 bits per heavy atom. The molecule has 0 aromatic carbocycles. The van der Waals surface area contributed by atoms with Gasteiger partial charge in [0, 0.05) is 17.3 Å². The largest absolute Gasteiger partial charge is 0.244 e. The summed E-state index contributed by atoms with van der Waals surface area (Å²) >= 11 is 5.46. The third-order valence-electron chi connectivity index (χ3n) is 2.06. The van der Waals surface area contributed by atoms with Crippen LogP contribution in [0.2, 0.25) is 5.15 Å². The van der Waals surface area contributed by atoms with E-state index in [0.29, 0.717) is 5.56 Å². The molecule has 0 amide bonds. The molecule has 2 aromatic heterocycles. The van der Waals surface area contributed by atoms with Crippen LogP contribution in [-0.4, -0.2) is 9.97 Å². The molecule has 2 aromatic rings. The second-order valence-corrected chi connectivity index (χ2v) is 3.83. The molecule has 0 fully saturated rings. The van der Waals surface area contributed by atoms with E-state index in [1.165, 1.54) is 19.2 Å². The van der Waals surface area contributed by atoms with Crippen molar-refractivity contribution in [1.29, 1.82) is 0 Å². The minimum absolute atomic E-state index is 0.231. The summed E-state index contributed by atoms with van der Waals surface area (Å²) in [6.45, 7) is 11.1. The van der Waals surface area contributed by atoms with Crippen molar-refractivity contribution in [2.75, 3.05) is 0 Å². The molecule has 0 aliphatic rings. The maximum atomic E-state index is 12.5. The molecule has 0 saturated heterocycles. The van der Waals surface area contributed by atoms with Crippen LogP contribution >= 0.6 is 11.6 Å². The number of nitrogens with zero attached hydrogens (tertiary/aromatic N) is 2. The van der Waals surface area contributed by atoms with Gasteiger partial charge in [-0.15, -0.1) is 0 Å². The molecular weight excluding hydrogens is 313 g/mol. The fourth-order valence-electron chi connectivity index (χ4n) is 1.01. The lowest BCUT2D eigenvalue weighted by Crippen LogP contribution is -1.87. The van der Waals surface area contributed by atoms with Gasteiger partial charge in [-0.1, -0.05) is 39.3 Å². The van der Waals surface area contributed by atoms with Crippen molar-refractivity contribution in [3.63, 3.8) is 0 Å². The van der Waals surface area contributed by atoms with Gasteiger partial charge in [-0.3, -0.25) is 0 Å². The molecule has 2 rings (SSSR count). The number of aryl methyl sites for hydroxylation is 1. The normalized spacial score (nSPS) is 8.45. The molecule has 0 saturated carbocycles. The smallest absolute Gasteiger partial charge is 0.215 e. The number of halogens is 4. The molecule has 2 heterocycles. The zero-order valence-corrected chi connectivity index (χ0v) is 14.5. The third-order valence-corrected chi connectivity index (χ3v) is 2.44. The van der Waals surface area contributed by atoms with E-state index in [9.17, 15) is 13.2 Å². The number of rotatable bonds is 0. The quantitative estimate of drug-likeness (QED) is 0.560. The van der Waals surface area contributed by atoms with Gasteiger partial charge in [0.1, 0.15) is 16.8 Å². The summed E-state index contributed by atoms with van der Waals surface area (Å²) < 4.78 is 36.8. The van der Waals surface area contributed by atoms with E-state index in [-0.39, 0.29) is 16.5 Å². The first-order valence-electron chi connectivity index (χ1n) is 6.96. The lowest BCUT2D eigenvalue weighted by Gasteiger charge is -1.94.